The molecule has 1 aromatic heterocycles. The average Bonchev–Trinajstić information content (AvgIpc) is 2.58. The minimum atomic E-state index is -0.244. The second-order valence-corrected chi connectivity index (χ2v) is 4.97. The molecule has 3 heteroatoms. The van der Waals surface area contributed by atoms with E-state index in [2.05, 4.69) is 17.2 Å². The Morgan fingerprint density at radius 2 is 1.45 bits per heavy atom. The van der Waals surface area contributed by atoms with Gasteiger partial charge in [-0.15, -0.1) is 0 Å². The number of hydrogen-bond donors (Lipinski definition) is 0. The lowest BCUT2D eigenvalue weighted by atomic mass is 10.1. The molecular weight excluding hydrogens is 272 g/mol. The minimum absolute atomic E-state index is 0.244. The van der Waals surface area contributed by atoms with Crippen LogP contribution in [0.2, 0.25) is 0 Å². The lowest BCUT2D eigenvalue weighted by molar-refractivity contribution is -0.688. The summed E-state index contributed by atoms with van der Waals surface area (Å²) >= 11 is 0. The van der Waals surface area contributed by atoms with Gasteiger partial charge in [0, 0.05) is 12.1 Å². The van der Waals surface area contributed by atoms with Crippen LogP contribution in [0.4, 0.5) is 0 Å². The third kappa shape index (κ3) is 3.38. The predicted molar refractivity (Wildman–Crippen MR) is 84.3 cm³/mol. The molecule has 0 saturated carbocycles. The molecule has 0 unspecified atom stereocenters. The molecule has 0 amide bonds. The molecular formula is C19H16N2O. The van der Waals surface area contributed by atoms with Gasteiger partial charge in [0.2, 0.25) is 11.9 Å². The van der Waals surface area contributed by atoms with Crippen LogP contribution in [0.5, 0.6) is 0 Å². The molecule has 0 aliphatic carbocycles. The number of hydrogen-bond acceptors (Lipinski definition) is 2. The molecule has 1 heterocycles. The van der Waals surface area contributed by atoms with Crippen molar-refractivity contribution in [1.82, 2.24) is 0 Å². The summed E-state index contributed by atoms with van der Waals surface area (Å²) in [7, 11) is 0. The van der Waals surface area contributed by atoms with E-state index in [0.717, 1.165) is 12.1 Å². The summed E-state index contributed by atoms with van der Waals surface area (Å²) in [5.74, 6) is -0.244. The number of pyridine rings is 1. The minimum Gasteiger partial charge on any atom is -0.854 e. The van der Waals surface area contributed by atoms with Crippen molar-refractivity contribution < 1.29 is 9.78 Å². The first-order valence-corrected chi connectivity index (χ1v) is 7.18. The Bertz CT molecular complexity index is 768. The van der Waals surface area contributed by atoms with Gasteiger partial charge in [-0.1, -0.05) is 65.3 Å². The number of benzene rings is 2. The van der Waals surface area contributed by atoms with E-state index in [1.54, 1.807) is 23.0 Å². The van der Waals surface area contributed by atoms with Gasteiger partial charge in [-0.2, -0.15) is 0 Å². The van der Waals surface area contributed by atoms with Crippen LogP contribution in [0.15, 0.2) is 90.2 Å². The lowest BCUT2D eigenvalue weighted by Crippen LogP contribution is -2.37. The van der Waals surface area contributed by atoms with Gasteiger partial charge in [0.05, 0.1) is 12.3 Å². The van der Waals surface area contributed by atoms with E-state index >= 15 is 0 Å². The van der Waals surface area contributed by atoms with E-state index in [1.165, 1.54) is 5.56 Å². The zero-order valence-corrected chi connectivity index (χ0v) is 12.1. The maximum Gasteiger partial charge on any atom is 0.218 e. The zero-order valence-electron chi connectivity index (χ0n) is 12.1. The van der Waals surface area contributed by atoms with Crippen molar-refractivity contribution in [2.75, 3.05) is 0 Å². The molecule has 0 atom stereocenters. The molecule has 3 aromatic rings. The molecule has 22 heavy (non-hydrogen) atoms. The maximum absolute atomic E-state index is 12.2. The van der Waals surface area contributed by atoms with Crippen molar-refractivity contribution in [3.8, 4) is 0 Å². The summed E-state index contributed by atoms with van der Waals surface area (Å²) in [4.78, 5) is 0. The smallest absolute Gasteiger partial charge is 0.218 e. The van der Waals surface area contributed by atoms with Gasteiger partial charge in [0.1, 0.15) is 0 Å². The van der Waals surface area contributed by atoms with Crippen LogP contribution in [0.3, 0.4) is 0 Å². The number of aromatic nitrogens is 1. The van der Waals surface area contributed by atoms with Crippen LogP contribution in [0.1, 0.15) is 16.8 Å². The second-order valence-electron chi connectivity index (χ2n) is 4.97. The largest absolute Gasteiger partial charge is 0.854 e. The molecule has 0 aliphatic rings. The Hall–Kier alpha value is -2.94. The van der Waals surface area contributed by atoms with Gasteiger partial charge in [0.15, 0.2) is 0 Å². The van der Waals surface area contributed by atoms with Crippen molar-refractivity contribution in [2.45, 2.75) is 6.42 Å². The average molecular weight is 288 g/mol. The summed E-state index contributed by atoms with van der Waals surface area (Å²) in [6, 6.07) is 25.0. The van der Waals surface area contributed by atoms with Crippen molar-refractivity contribution in [1.29, 1.82) is 0 Å². The van der Waals surface area contributed by atoms with Crippen LogP contribution in [-0.2, 0) is 6.42 Å². The topological polar surface area (TPSA) is 39.3 Å². The summed E-state index contributed by atoms with van der Waals surface area (Å²) in [5, 5.41) is 16.4. The van der Waals surface area contributed by atoms with Gasteiger partial charge in [0.25, 0.3) is 0 Å². The quantitative estimate of drug-likeness (QED) is 0.412. The molecule has 3 rings (SSSR count). The SMILES string of the molecule is [O-]/C(=N\[n+]1ccccc1Cc1ccccc1)c1ccccc1. The van der Waals surface area contributed by atoms with Gasteiger partial charge in [-0.05, 0) is 22.3 Å². The summed E-state index contributed by atoms with van der Waals surface area (Å²) in [5.41, 5.74) is 2.74. The monoisotopic (exact) mass is 288 g/mol. The van der Waals surface area contributed by atoms with E-state index in [9.17, 15) is 5.11 Å². The van der Waals surface area contributed by atoms with Crippen molar-refractivity contribution in [3.63, 3.8) is 0 Å². The molecule has 3 nitrogen and oxygen atoms in total. The van der Waals surface area contributed by atoms with Gasteiger partial charge < -0.3 is 5.11 Å². The molecule has 0 fully saturated rings. The van der Waals surface area contributed by atoms with Crippen molar-refractivity contribution in [2.24, 2.45) is 5.10 Å². The summed E-state index contributed by atoms with van der Waals surface area (Å²) in [6.45, 7) is 0. The highest BCUT2D eigenvalue weighted by atomic mass is 16.3. The van der Waals surface area contributed by atoms with Crippen LogP contribution in [-0.4, -0.2) is 5.90 Å². The highest BCUT2D eigenvalue weighted by Gasteiger charge is 2.10. The van der Waals surface area contributed by atoms with E-state index in [0.29, 0.717) is 5.56 Å². The normalized spacial score (nSPS) is 11.4. The third-order valence-corrected chi connectivity index (χ3v) is 3.37. The van der Waals surface area contributed by atoms with E-state index in [4.69, 9.17) is 0 Å². The summed E-state index contributed by atoms with van der Waals surface area (Å²) < 4.78 is 1.66. The summed E-state index contributed by atoms with van der Waals surface area (Å²) in [6.07, 6.45) is 2.53. The molecule has 0 radical (unpaired) electrons. The Balaban J connectivity index is 1.92. The number of nitrogens with zero attached hydrogens (tertiary/aromatic N) is 2. The van der Waals surface area contributed by atoms with Crippen molar-refractivity contribution in [3.05, 3.63) is 102 Å². The molecule has 0 saturated heterocycles. The fraction of sp³-hybridized carbons (Fsp3) is 0.0526. The second kappa shape index (κ2) is 6.68. The lowest BCUT2D eigenvalue weighted by Gasteiger charge is -2.07. The van der Waals surface area contributed by atoms with Crippen LogP contribution in [0.25, 0.3) is 0 Å². The molecule has 108 valence electrons. The highest BCUT2D eigenvalue weighted by molar-refractivity contribution is 5.89. The Morgan fingerprint density at radius 1 is 0.818 bits per heavy atom. The molecule has 0 N–H and O–H groups in total. The van der Waals surface area contributed by atoms with Crippen molar-refractivity contribution >= 4 is 5.90 Å². The first-order valence-electron chi connectivity index (χ1n) is 7.18. The molecule has 0 spiro atoms. The van der Waals surface area contributed by atoms with Crippen LogP contribution < -0.4 is 9.78 Å². The van der Waals surface area contributed by atoms with E-state index < -0.39 is 0 Å². The standard InChI is InChI=1S/C19H16N2O/c22-19(17-11-5-2-6-12-17)20-21-14-8-7-13-18(21)15-16-9-3-1-4-10-16/h1-14H,15H2. The first kappa shape index (κ1) is 14.0. The Labute approximate surface area is 129 Å². The molecule has 0 aliphatic heterocycles. The Kier molecular flexibility index (Phi) is 4.25. The predicted octanol–water partition coefficient (Wildman–Crippen LogP) is 2.14. The van der Waals surface area contributed by atoms with Crippen LogP contribution >= 0.6 is 0 Å². The fourth-order valence-corrected chi connectivity index (χ4v) is 2.25. The van der Waals surface area contributed by atoms with Crippen LogP contribution in [0, 0.1) is 0 Å². The highest BCUT2D eigenvalue weighted by Crippen LogP contribution is 2.05. The fourth-order valence-electron chi connectivity index (χ4n) is 2.25. The van der Waals surface area contributed by atoms with Gasteiger partial charge in [-0.25, -0.2) is 0 Å². The molecule has 0 bridgehead atoms. The molecule has 2 aromatic carbocycles. The first-order chi connectivity index (χ1) is 10.8. The van der Waals surface area contributed by atoms with E-state index in [1.807, 2.05) is 54.6 Å². The van der Waals surface area contributed by atoms with Gasteiger partial charge >= 0.3 is 0 Å². The Morgan fingerprint density at radius 3 is 2.18 bits per heavy atom. The number of rotatable bonds is 4. The third-order valence-electron chi connectivity index (χ3n) is 3.37. The van der Waals surface area contributed by atoms with E-state index in [-0.39, 0.29) is 5.90 Å². The van der Waals surface area contributed by atoms with Gasteiger partial charge in [-0.3, -0.25) is 0 Å². The maximum atomic E-state index is 12.2. The zero-order chi connectivity index (χ0) is 15.2.